The van der Waals surface area contributed by atoms with E-state index in [4.69, 9.17) is 0 Å². The van der Waals surface area contributed by atoms with E-state index in [1.54, 1.807) is 0 Å². The third kappa shape index (κ3) is 4.55. The molecule has 2 aromatic carbocycles. The van der Waals surface area contributed by atoms with Gasteiger partial charge in [-0.1, -0.05) is 54.6 Å². The van der Waals surface area contributed by atoms with Crippen LogP contribution in [0, 0.1) is 0 Å². The fraction of sp³-hybridized carbons (Fsp3) is 0.368. The average molecular weight is 333 g/mol. The van der Waals surface area contributed by atoms with Gasteiger partial charge < -0.3 is 10.4 Å². The highest BCUT2D eigenvalue weighted by Crippen LogP contribution is 2.27. The van der Waals surface area contributed by atoms with Gasteiger partial charge in [0.15, 0.2) is 0 Å². The van der Waals surface area contributed by atoms with Gasteiger partial charge in [-0.25, -0.2) is 0 Å². The zero-order valence-electron chi connectivity index (χ0n) is 13.3. The van der Waals surface area contributed by atoms with E-state index in [-0.39, 0.29) is 19.0 Å². The first-order chi connectivity index (χ1) is 10.9. The van der Waals surface area contributed by atoms with Crippen LogP contribution in [0.2, 0.25) is 0 Å². The van der Waals surface area contributed by atoms with E-state index in [1.165, 1.54) is 16.7 Å². The number of benzene rings is 2. The van der Waals surface area contributed by atoms with Crippen LogP contribution in [0.5, 0.6) is 0 Å². The van der Waals surface area contributed by atoms with Crippen LogP contribution in [0.4, 0.5) is 0 Å². The molecule has 1 aliphatic rings. The van der Waals surface area contributed by atoms with Crippen LogP contribution in [0.1, 0.15) is 18.0 Å². The molecule has 1 heterocycles. The van der Waals surface area contributed by atoms with Crippen LogP contribution in [-0.2, 0) is 0 Å². The van der Waals surface area contributed by atoms with Crippen molar-refractivity contribution in [2.45, 2.75) is 12.5 Å². The number of aliphatic hydroxyl groups excluding tert-OH is 1. The molecule has 3 rings (SSSR count). The summed E-state index contributed by atoms with van der Waals surface area (Å²) in [7, 11) is 0. The molecule has 0 aliphatic carbocycles. The molecule has 124 valence electrons. The van der Waals surface area contributed by atoms with E-state index in [2.05, 4.69) is 58.7 Å². The van der Waals surface area contributed by atoms with E-state index in [1.807, 2.05) is 6.07 Å². The summed E-state index contributed by atoms with van der Waals surface area (Å²) in [6.45, 7) is 4.39. The highest BCUT2D eigenvalue weighted by molar-refractivity contribution is 5.85. The molecular formula is C19H25ClN2O. The number of hydrogen-bond donors (Lipinski definition) is 2. The zero-order chi connectivity index (χ0) is 15.2. The van der Waals surface area contributed by atoms with Gasteiger partial charge in [0.25, 0.3) is 0 Å². The Morgan fingerprint density at radius 2 is 1.52 bits per heavy atom. The average Bonchev–Trinajstić information content (AvgIpc) is 2.61. The van der Waals surface area contributed by atoms with Crippen molar-refractivity contribution in [1.29, 1.82) is 0 Å². The first kappa shape index (κ1) is 18.0. The monoisotopic (exact) mass is 332 g/mol. The number of rotatable bonds is 5. The zero-order valence-corrected chi connectivity index (χ0v) is 14.1. The van der Waals surface area contributed by atoms with Gasteiger partial charge in [0, 0.05) is 38.8 Å². The van der Waals surface area contributed by atoms with Crippen LogP contribution in [0.3, 0.4) is 0 Å². The van der Waals surface area contributed by atoms with Gasteiger partial charge >= 0.3 is 0 Å². The standard InChI is InChI=1S/C19H24N2O.ClH/c22-15-10-19(21-13-11-20-12-14-21)18-8-6-17(7-9-18)16-4-2-1-3-5-16;/h1-9,19-20,22H,10-15H2;1H/t19-;/m0./s1. The molecule has 4 heteroatoms. The van der Waals surface area contributed by atoms with Crippen LogP contribution >= 0.6 is 12.4 Å². The Morgan fingerprint density at radius 3 is 2.13 bits per heavy atom. The number of nitrogens with zero attached hydrogens (tertiary/aromatic N) is 1. The van der Waals surface area contributed by atoms with Crippen molar-refractivity contribution in [1.82, 2.24) is 10.2 Å². The van der Waals surface area contributed by atoms with Gasteiger partial charge in [0.2, 0.25) is 0 Å². The smallest absolute Gasteiger partial charge is 0.0449 e. The maximum atomic E-state index is 9.42. The molecular weight excluding hydrogens is 308 g/mol. The molecule has 0 unspecified atom stereocenters. The van der Waals surface area contributed by atoms with Crippen molar-refractivity contribution in [2.24, 2.45) is 0 Å². The lowest BCUT2D eigenvalue weighted by atomic mass is 9.98. The molecule has 0 saturated carbocycles. The van der Waals surface area contributed by atoms with Crippen molar-refractivity contribution in [2.75, 3.05) is 32.8 Å². The quantitative estimate of drug-likeness (QED) is 0.883. The molecule has 23 heavy (non-hydrogen) atoms. The third-order valence-corrected chi connectivity index (χ3v) is 4.40. The largest absolute Gasteiger partial charge is 0.396 e. The minimum atomic E-state index is 0. The second-order valence-electron chi connectivity index (χ2n) is 5.80. The Balaban J connectivity index is 0.00000192. The predicted molar refractivity (Wildman–Crippen MR) is 98.0 cm³/mol. The third-order valence-electron chi connectivity index (χ3n) is 4.40. The fourth-order valence-corrected chi connectivity index (χ4v) is 3.20. The number of halogens is 1. The van der Waals surface area contributed by atoms with Gasteiger partial charge in [-0.15, -0.1) is 12.4 Å². The molecule has 1 saturated heterocycles. The molecule has 1 aliphatic heterocycles. The van der Waals surface area contributed by atoms with E-state index in [0.29, 0.717) is 6.04 Å². The SMILES string of the molecule is Cl.OCC[C@@H](c1ccc(-c2ccccc2)cc1)N1CCNCC1. The summed E-state index contributed by atoms with van der Waals surface area (Å²) in [5.74, 6) is 0. The Hall–Kier alpha value is -1.39. The lowest BCUT2D eigenvalue weighted by Gasteiger charge is -2.35. The lowest BCUT2D eigenvalue weighted by molar-refractivity contribution is 0.141. The molecule has 0 aromatic heterocycles. The summed E-state index contributed by atoms with van der Waals surface area (Å²) in [4.78, 5) is 2.48. The first-order valence-electron chi connectivity index (χ1n) is 8.09. The summed E-state index contributed by atoms with van der Waals surface area (Å²) in [5, 5.41) is 12.8. The molecule has 1 atom stereocenters. The van der Waals surface area contributed by atoms with Gasteiger partial charge in [-0.2, -0.15) is 0 Å². The van der Waals surface area contributed by atoms with E-state index in [9.17, 15) is 5.11 Å². The summed E-state index contributed by atoms with van der Waals surface area (Å²) in [5.41, 5.74) is 3.79. The minimum absolute atomic E-state index is 0. The Morgan fingerprint density at radius 1 is 0.913 bits per heavy atom. The number of aliphatic hydroxyl groups is 1. The number of hydrogen-bond acceptors (Lipinski definition) is 3. The highest BCUT2D eigenvalue weighted by atomic mass is 35.5. The maximum absolute atomic E-state index is 9.42. The number of nitrogens with one attached hydrogen (secondary N) is 1. The second kappa shape index (κ2) is 9.04. The second-order valence-corrected chi connectivity index (χ2v) is 5.80. The van der Waals surface area contributed by atoms with E-state index >= 15 is 0 Å². The topological polar surface area (TPSA) is 35.5 Å². The maximum Gasteiger partial charge on any atom is 0.0449 e. The van der Waals surface area contributed by atoms with Crippen molar-refractivity contribution in [3.63, 3.8) is 0 Å². The van der Waals surface area contributed by atoms with Crippen molar-refractivity contribution < 1.29 is 5.11 Å². The van der Waals surface area contributed by atoms with Crippen molar-refractivity contribution in [3.8, 4) is 11.1 Å². The molecule has 0 spiro atoms. The Bertz CT molecular complexity index is 568. The van der Waals surface area contributed by atoms with Crippen molar-refractivity contribution >= 4 is 12.4 Å². The first-order valence-corrected chi connectivity index (χ1v) is 8.09. The Kier molecular flexibility index (Phi) is 7.06. The molecule has 0 radical (unpaired) electrons. The minimum Gasteiger partial charge on any atom is -0.396 e. The Labute approximate surface area is 144 Å². The lowest BCUT2D eigenvalue weighted by Crippen LogP contribution is -2.45. The number of piperazine rings is 1. The molecule has 0 bridgehead atoms. The van der Waals surface area contributed by atoms with Gasteiger partial charge in [-0.05, 0) is 23.1 Å². The van der Waals surface area contributed by atoms with Crippen LogP contribution in [0.15, 0.2) is 54.6 Å². The summed E-state index contributed by atoms with van der Waals surface area (Å²) < 4.78 is 0. The molecule has 3 nitrogen and oxygen atoms in total. The molecule has 2 aromatic rings. The summed E-state index contributed by atoms with van der Waals surface area (Å²) >= 11 is 0. The summed E-state index contributed by atoms with van der Waals surface area (Å²) in [6, 6.07) is 19.6. The van der Waals surface area contributed by atoms with E-state index in [0.717, 1.165) is 32.6 Å². The van der Waals surface area contributed by atoms with Crippen LogP contribution < -0.4 is 5.32 Å². The van der Waals surface area contributed by atoms with Crippen LogP contribution in [0.25, 0.3) is 11.1 Å². The molecule has 2 N–H and O–H groups in total. The normalized spacial score (nSPS) is 16.6. The van der Waals surface area contributed by atoms with Crippen molar-refractivity contribution in [3.05, 3.63) is 60.2 Å². The van der Waals surface area contributed by atoms with Gasteiger partial charge in [0.05, 0.1) is 0 Å². The van der Waals surface area contributed by atoms with Gasteiger partial charge in [0.1, 0.15) is 0 Å². The fourth-order valence-electron chi connectivity index (χ4n) is 3.20. The predicted octanol–water partition coefficient (Wildman–Crippen LogP) is 3.10. The van der Waals surface area contributed by atoms with Gasteiger partial charge in [-0.3, -0.25) is 4.90 Å². The summed E-state index contributed by atoms with van der Waals surface area (Å²) in [6.07, 6.45) is 0.796. The van der Waals surface area contributed by atoms with E-state index < -0.39 is 0 Å². The van der Waals surface area contributed by atoms with Crippen LogP contribution in [-0.4, -0.2) is 42.8 Å². The molecule has 1 fully saturated rings. The molecule has 0 amide bonds. The highest BCUT2D eigenvalue weighted by Gasteiger charge is 2.21.